The third-order valence-corrected chi connectivity index (χ3v) is 6.11. The van der Waals surface area contributed by atoms with Gasteiger partial charge < -0.3 is 10.2 Å². The van der Waals surface area contributed by atoms with Gasteiger partial charge in [-0.25, -0.2) is 12.8 Å². The fourth-order valence-corrected chi connectivity index (χ4v) is 4.40. The number of amides is 1. The predicted octanol–water partition coefficient (Wildman–Crippen LogP) is 2.37. The molecule has 3 rings (SSSR count). The monoisotopic (exact) mass is 391 g/mol. The number of benzene rings is 2. The van der Waals surface area contributed by atoms with Crippen LogP contribution in [0.3, 0.4) is 0 Å². The molecule has 0 aromatic heterocycles. The van der Waals surface area contributed by atoms with Gasteiger partial charge in [-0.2, -0.15) is 0 Å². The molecule has 6 nitrogen and oxygen atoms in total. The molecule has 27 heavy (non-hydrogen) atoms. The standard InChI is InChI=1S/C19H22FN3O3S/c1-13-11-16(20)5-8-18(13)27(25,26)22-17-6-3-15(4-7-17)19(24)23-10-9-21-12-14(23)2/h3-8,11,14,21-22H,9-10,12H2,1-2H3/t14-/m0/s1. The highest BCUT2D eigenvalue weighted by atomic mass is 32.2. The lowest BCUT2D eigenvalue weighted by atomic mass is 10.1. The number of halogens is 1. The second-order valence-electron chi connectivity index (χ2n) is 6.64. The minimum Gasteiger partial charge on any atom is -0.333 e. The number of nitrogens with zero attached hydrogens (tertiary/aromatic N) is 1. The molecule has 2 aromatic rings. The molecule has 2 aromatic carbocycles. The molecule has 2 N–H and O–H groups in total. The van der Waals surface area contributed by atoms with Crippen LogP contribution in [0.2, 0.25) is 0 Å². The number of piperazine rings is 1. The van der Waals surface area contributed by atoms with Crippen molar-refractivity contribution in [2.45, 2.75) is 24.8 Å². The number of nitrogens with one attached hydrogen (secondary N) is 2. The number of aryl methyl sites for hydroxylation is 1. The van der Waals surface area contributed by atoms with Gasteiger partial charge in [-0.1, -0.05) is 0 Å². The minimum atomic E-state index is -3.84. The van der Waals surface area contributed by atoms with Gasteiger partial charge in [0.05, 0.1) is 4.90 Å². The first-order valence-corrected chi connectivity index (χ1v) is 10.2. The average molecular weight is 391 g/mol. The normalized spacial score (nSPS) is 17.6. The molecule has 8 heteroatoms. The van der Waals surface area contributed by atoms with E-state index in [-0.39, 0.29) is 16.8 Å². The van der Waals surface area contributed by atoms with Gasteiger partial charge in [-0.3, -0.25) is 9.52 Å². The molecule has 0 unspecified atom stereocenters. The van der Waals surface area contributed by atoms with Crippen LogP contribution < -0.4 is 10.0 Å². The largest absolute Gasteiger partial charge is 0.333 e. The Morgan fingerprint density at radius 2 is 1.93 bits per heavy atom. The molecular weight excluding hydrogens is 369 g/mol. The van der Waals surface area contributed by atoms with Crippen LogP contribution in [0.4, 0.5) is 10.1 Å². The zero-order valence-corrected chi connectivity index (χ0v) is 16.0. The van der Waals surface area contributed by atoms with Gasteiger partial charge in [0.25, 0.3) is 15.9 Å². The second kappa shape index (κ2) is 7.66. The maximum absolute atomic E-state index is 13.2. The van der Waals surface area contributed by atoms with Crippen molar-refractivity contribution in [3.63, 3.8) is 0 Å². The quantitative estimate of drug-likeness (QED) is 0.839. The van der Waals surface area contributed by atoms with Crippen molar-refractivity contribution in [2.24, 2.45) is 0 Å². The molecule has 1 saturated heterocycles. The maximum Gasteiger partial charge on any atom is 0.262 e. The highest BCUT2D eigenvalue weighted by Crippen LogP contribution is 2.21. The molecule has 0 bridgehead atoms. The van der Waals surface area contributed by atoms with Gasteiger partial charge in [-0.05, 0) is 61.9 Å². The summed E-state index contributed by atoms with van der Waals surface area (Å²) in [4.78, 5) is 14.4. The van der Waals surface area contributed by atoms with E-state index in [0.717, 1.165) is 19.2 Å². The van der Waals surface area contributed by atoms with Crippen molar-refractivity contribution in [2.75, 3.05) is 24.4 Å². The fourth-order valence-electron chi connectivity index (χ4n) is 3.11. The summed E-state index contributed by atoms with van der Waals surface area (Å²) in [5.74, 6) is -0.566. The summed E-state index contributed by atoms with van der Waals surface area (Å²) in [7, 11) is -3.84. The first kappa shape index (κ1) is 19.3. The van der Waals surface area contributed by atoms with Crippen molar-refractivity contribution in [3.8, 4) is 0 Å². The number of carbonyl (C=O) groups is 1. The predicted molar refractivity (Wildman–Crippen MR) is 102 cm³/mol. The van der Waals surface area contributed by atoms with Crippen LogP contribution >= 0.6 is 0 Å². The van der Waals surface area contributed by atoms with Crippen LogP contribution in [0.5, 0.6) is 0 Å². The van der Waals surface area contributed by atoms with Crippen molar-refractivity contribution in [1.29, 1.82) is 0 Å². The molecule has 1 heterocycles. The van der Waals surface area contributed by atoms with Crippen LogP contribution in [0.15, 0.2) is 47.4 Å². The Balaban J connectivity index is 1.76. The van der Waals surface area contributed by atoms with E-state index in [2.05, 4.69) is 10.0 Å². The van der Waals surface area contributed by atoms with Crippen molar-refractivity contribution in [1.82, 2.24) is 10.2 Å². The van der Waals surface area contributed by atoms with Crippen LogP contribution in [-0.2, 0) is 10.0 Å². The summed E-state index contributed by atoms with van der Waals surface area (Å²) in [6, 6.07) is 9.93. The third kappa shape index (κ3) is 4.28. The molecule has 144 valence electrons. The number of carbonyl (C=O) groups excluding carboxylic acids is 1. The molecule has 1 fully saturated rings. The number of anilines is 1. The first-order valence-electron chi connectivity index (χ1n) is 8.68. The van der Waals surface area contributed by atoms with Gasteiger partial charge in [0.2, 0.25) is 0 Å². The van der Waals surface area contributed by atoms with Crippen molar-refractivity contribution < 1.29 is 17.6 Å². The molecule has 1 atom stereocenters. The van der Waals surface area contributed by atoms with Crippen molar-refractivity contribution in [3.05, 3.63) is 59.4 Å². The zero-order valence-electron chi connectivity index (χ0n) is 15.2. The second-order valence-corrected chi connectivity index (χ2v) is 8.30. The van der Waals surface area contributed by atoms with E-state index >= 15 is 0 Å². The van der Waals surface area contributed by atoms with Crippen molar-refractivity contribution >= 4 is 21.6 Å². The van der Waals surface area contributed by atoms with Crippen LogP contribution in [0.1, 0.15) is 22.8 Å². The minimum absolute atomic E-state index is 0.0127. The number of hydrogen-bond acceptors (Lipinski definition) is 4. The molecule has 0 spiro atoms. The smallest absolute Gasteiger partial charge is 0.262 e. The summed E-state index contributed by atoms with van der Waals surface area (Å²) >= 11 is 0. The zero-order chi connectivity index (χ0) is 19.6. The summed E-state index contributed by atoms with van der Waals surface area (Å²) in [6.07, 6.45) is 0. The van der Waals surface area contributed by atoms with Gasteiger partial charge in [0, 0.05) is 36.9 Å². The Labute approximate surface area is 158 Å². The van der Waals surface area contributed by atoms with E-state index < -0.39 is 15.8 Å². The number of rotatable bonds is 4. The van der Waals surface area contributed by atoms with Crippen LogP contribution in [0.25, 0.3) is 0 Å². The highest BCUT2D eigenvalue weighted by Gasteiger charge is 2.24. The van der Waals surface area contributed by atoms with Gasteiger partial charge in [0.1, 0.15) is 5.82 Å². The third-order valence-electron chi connectivity index (χ3n) is 4.57. The molecule has 0 radical (unpaired) electrons. The van der Waals surface area contributed by atoms with Gasteiger partial charge >= 0.3 is 0 Å². The van der Waals surface area contributed by atoms with E-state index in [1.165, 1.54) is 19.1 Å². The van der Waals surface area contributed by atoms with E-state index in [4.69, 9.17) is 0 Å². The van der Waals surface area contributed by atoms with E-state index in [9.17, 15) is 17.6 Å². The number of hydrogen-bond donors (Lipinski definition) is 2. The highest BCUT2D eigenvalue weighted by molar-refractivity contribution is 7.92. The summed E-state index contributed by atoms with van der Waals surface area (Å²) in [6.45, 7) is 5.66. The molecular formula is C19H22FN3O3S. The molecule has 1 aliphatic rings. The van der Waals surface area contributed by atoms with Crippen LogP contribution in [0, 0.1) is 12.7 Å². The maximum atomic E-state index is 13.2. The SMILES string of the molecule is Cc1cc(F)ccc1S(=O)(=O)Nc1ccc(C(=O)N2CCNC[C@@H]2C)cc1. The lowest BCUT2D eigenvalue weighted by molar-refractivity contribution is 0.0656. The Morgan fingerprint density at radius 1 is 1.22 bits per heavy atom. The lowest BCUT2D eigenvalue weighted by Crippen LogP contribution is -2.52. The Bertz CT molecular complexity index is 945. The Morgan fingerprint density at radius 3 is 2.56 bits per heavy atom. The Kier molecular flexibility index (Phi) is 5.48. The fraction of sp³-hybridized carbons (Fsp3) is 0.316. The number of sulfonamides is 1. The molecule has 0 aliphatic carbocycles. The molecule has 1 amide bonds. The van der Waals surface area contributed by atoms with Gasteiger partial charge in [0.15, 0.2) is 0 Å². The summed E-state index contributed by atoms with van der Waals surface area (Å²) in [5, 5.41) is 3.24. The van der Waals surface area contributed by atoms with Crippen LogP contribution in [-0.4, -0.2) is 44.9 Å². The van der Waals surface area contributed by atoms with E-state index in [1.54, 1.807) is 29.2 Å². The molecule has 0 saturated carbocycles. The molecule has 1 aliphatic heterocycles. The summed E-state index contributed by atoms with van der Waals surface area (Å²) < 4.78 is 40.7. The summed E-state index contributed by atoms with van der Waals surface area (Å²) in [5.41, 5.74) is 1.16. The van der Waals surface area contributed by atoms with Gasteiger partial charge in [-0.15, -0.1) is 0 Å². The Hall–Kier alpha value is -2.45. The van der Waals surface area contributed by atoms with E-state index in [1.807, 2.05) is 6.92 Å². The lowest BCUT2D eigenvalue weighted by Gasteiger charge is -2.34. The topological polar surface area (TPSA) is 78.5 Å². The van der Waals surface area contributed by atoms with E-state index in [0.29, 0.717) is 23.4 Å². The average Bonchev–Trinajstić information content (AvgIpc) is 2.61. The first-order chi connectivity index (χ1) is 12.8.